The van der Waals surface area contributed by atoms with Crippen LogP contribution in [0.5, 0.6) is 0 Å². The maximum atomic E-state index is 12.5. The maximum absolute atomic E-state index is 12.5. The third-order valence-electron chi connectivity index (χ3n) is 2.69. The standard InChI is InChI=1S/C16H18ClN3O2/c1-16(2,3)22-15(21)20(10-12-7-5-4-6-8-12)14-9-13(17)18-11-19-14/h4-9,11H,10H2,1-3H3. The molecule has 5 nitrogen and oxygen atoms in total. The second-order valence-electron chi connectivity index (χ2n) is 5.75. The summed E-state index contributed by atoms with van der Waals surface area (Å²) in [6, 6.07) is 11.1. The molecule has 0 N–H and O–H groups in total. The number of carbonyl (C=O) groups excluding carboxylic acids is 1. The minimum absolute atomic E-state index is 0.270. The second kappa shape index (κ2) is 6.75. The quantitative estimate of drug-likeness (QED) is 0.800. The molecule has 1 aromatic carbocycles. The van der Waals surface area contributed by atoms with Crippen molar-refractivity contribution in [2.75, 3.05) is 4.90 Å². The molecule has 2 aromatic rings. The van der Waals surface area contributed by atoms with E-state index in [0.29, 0.717) is 12.4 Å². The van der Waals surface area contributed by atoms with Crippen molar-refractivity contribution in [2.45, 2.75) is 32.9 Å². The molecule has 2 rings (SSSR count). The highest BCUT2D eigenvalue weighted by Crippen LogP contribution is 2.20. The molecule has 0 saturated carbocycles. The van der Waals surface area contributed by atoms with Crippen LogP contribution in [0.3, 0.4) is 0 Å². The Kier molecular flexibility index (Phi) is 4.98. The molecule has 0 aliphatic rings. The van der Waals surface area contributed by atoms with Crippen LogP contribution in [-0.4, -0.2) is 21.7 Å². The highest BCUT2D eigenvalue weighted by Gasteiger charge is 2.24. The first-order valence-electron chi connectivity index (χ1n) is 6.87. The average molecular weight is 320 g/mol. The third-order valence-corrected chi connectivity index (χ3v) is 2.90. The molecule has 0 unspecified atom stereocenters. The van der Waals surface area contributed by atoms with Gasteiger partial charge in [-0.1, -0.05) is 41.9 Å². The van der Waals surface area contributed by atoms with Crippen LogP contribution in [0.1, 0.15) is 26.3 Å². The van der Waals surface area contributed by atoms with E-state index < -0.39 is 11.7 Å². The van der Waals surface area contributed by atoms with Gasteiger partial charge in [0.15, 0.2) is 0 Å². The molecule has 22 heavy (non-hydrogen) atoms. The Balaban J connectivity index is 2.30. The monoisotopic (exact) mass is 319 g/mol. The Morgan fingerprint density at radius 3 is 2.50 bits per heavy atom. The Labute approximate surface area is 134 Å². The van der Waals surface area contributed by atoms with Crippen LogP contribution in [0.4, 0.5) is 10.6 Å². The van der Waals surface area contributed by atoms with E-state index in [1.54, 1.807) is 0 Å². The number of anilines is 1. The van der Waals surface area contributed by atoms with Gasteiger partial charge >= 0.3 is 6.09 Å². The zero-order valence-electron chi connectivity index (χ0n) is 12.8. The number of amides is 1. The summed E-state index contributed by atoms with van der Waals surface area (Å²) in [5.41, 5.74) is 0.367. The van der Waals surface area contributed by atoms with Gasteiger partial charge in [-0.15, -0.1) is 0 Å². The number of halogens is 1. The normalized spacial score (nSPS) is 11.1. The predicted octanol–water partition coefficient (Wildman–Crippen LogP) is 4.07. The summed E-state index contributed by atoms with van der Waals surface area (Å²) in [5.74, 6) is 0.401. The topological polar surface area (TPSA) is 55.3 Å². The van der Waals surface area contributed by atoms with E-state index in [9.17, 15) is 4.79 Å². The molecule has 0 atom stereocenters. The Bertz CT molecular complexity index is 641. The lowest BCUT2D eigenvalue weighted by molar-refractivity contribution is 0.0576. The molecular weight excluding hydrogens is 302 g/mol. The van der Waals surface area contributed by atoms with Crippen LogP contribution in [0.15, 0.2) is 42.7 Å². The lowest BCUT2D eigenvalue weighted by Crippen LogP contribution is -2.37. The summed E-state index contributed by atoms with van der Waals surface area (Å²) in [6.45, 7) is 5.79. The van der Waals surface area contributed by atoms with Crippen LogP contribution in [0.2, 0.25) is 5.15 Å². The zero-order chi connectivity index (χ0) is 16.2. The summed E-state index contributed by atoms with van der Waals surface area (Å²) >= 11 is 5.90. The van der Waals surface area contributed by atoms with Crippen LogP contribution in [-0.2, 0) is 11.3 Å². The highest BCUT2D eigenvalue weighted by molar-refractivity contribution is 6.29. The molecule has 1 amide bonds. The van der Waals surface area contributed by atoms with Gasteiger partial charge in [-0.2, -0.15) is 0 Å². The van der Waals surface area contributed by atoms with Crippen molar-refractivity contribution in [3.05, 3.63) is 53.4 Å². The van der Waals surface area contributed by atoms with Crippen molar-refractivity contribution >= 4 is 23.5 Å². The third kappa shape index (κ3) is 4.70. The molecule has 0 saturated heterocycles. The fourth-order valence-corrected chi connectivity index (χ4v) is 1.94. The van der Waals surface area contributed by atoms with Gasteiger partial charge in [0.1, 0.15) is 22.9 Å². The van der Waals surface area contributed by atoms with Gasteiger partial charge in [-0.25, -0.2) is 14.8 Å². The summed E-state index contributed by atoms with van der Waals surface area (Å²) in [4.78, 5) is 21.9. The van der Waals surface area contributed by atoms with Crippen molar-refractivity contribution < 1.29 is 9.53 Å². The van der Waals surface area contributed by atoms with E-state index in [0.717, 1.165) is 5.56 Å². The fraction of sp³-hybridized carbons (Fsp3) is 0.312. The number of benzene rings is 1. The Hall–Kier alpha value is -2.14. The van der Waals surface area contributed by atoms with Gasteiger partial charge in [0.05, 0.1) is 6.54 Å². The molecule has 0 spiro atoms. The molecule has 116 valence electrons. The maximum Gasteiger partial charge on any atom is 0.416 e. The van der Waals surface area contributed by atoms with Crippen molar-refractivity contribution in [3.63, 3.8) is 0 Å². The van der Waals surface area contributed by atoms with Crippen molar-refractivity contribution in [2.24, 2.45) is 0 Å². The fourth-order valence-electron chi connectivity index (χ4n) is 1.79. The minimum Gasteiger partial charge on any atom is -0.443 e. The first-order chi connectivity index (χ1) is 10.3. The van der Waals surface area contributed by atoms with E-state index in [1.165, 1.54) is 17.3 Å². The van der Waals surface area contributed by atoms with Crippen molar-refractivity contribution in [3.8, 4) is 0 Å². The summed E-state index contributed by atoms with van der Waals surface area (Å²) < 4.78 is 5.45. The molecule has 1 heterocycles. The number of aromatic nitrogens is 2. The number of nitrogens with zero attached hydrogens (tertiary/aromatic N) is 3. The molecule has 6 heteroatoms. The lowest BCUT2D eigenvalue weighted by atomic mass is 10.2. The van der Waals surface area contributed by atoms with Crippen molar-refractivity contribution in [1.29, 1.82) is 0 Å². The molecule has 0 bridgehead atoms. The highest BCUT2D eigenvalue weighted by atomic mass is 35.5. The van der Waals surface area contributed by atoms with E-state index in [4.69, 9.17) is 16.3 Å². The van der Waals surface area contributed by atoms with E-state index in [-0.39, 0.29) is 5.15 Å². The van der Waals surface area contributed by atoms with Gasteiger partial charge in [-0.05, 0) is 26.3 Å². The van der Waals surface area contributed by atoms with E-state index in [1.807, 2.05) is 51.1 Å². The number of ether oxygens (including phenoxy) is 1. The second-order valence-corrected chi connectivity index (χ2v) is 6.14. The van der Waals surface area contributed by atoms with Crippen LogP contribution in [0, 0.1) is 0 Å². The molecular formula is C16H18ClN3O2. The summed E-state index contributed by atoms with van der Waals surface area (Å²) in [5, 5.41) is 0.270. The SMILES string of the molecule is CC(C)(C)OC(=O)N(Cc1ccccc1)c1cc(Cl)ncn1. The lowest BCUT2D eigenvalue weighted by Gasteiger charge is -2.26. The molecule has 1 aromatic heterocycles. The number of carbonyl (C=O) groups is 1. The van der Waals surface area contributed by atoms with E-state index in [2.05, 4.69) is 9.97 Å². The molecule has 0 fully saturated rings. The number of hydrogen-bond acceptors (Lipinski definition) is 4. The van der Waals surface area contributed by atoms with Crippen LogP contribution >= 0.6 is 11.6 Å². The predicted molar refractivity (Wildman–Crippen MR) is 85.9 cm³/mol. The Morgan fingerprint density at radius 1 is 1.23 bits per heavy atom. The molecule has 0 aliphatic carbocycles. The minimum atomic E-state index is -0.594. The van der Waals surface area contributed by atoms with Gasteiger partial charge in [0.2, 0.25) is 0 Å². The zero-order valence-corrected chi connectivity index (χ0v) is 13.5. The van der Waals surface area contributed by atoms with Crippen LogP contribution < -0.4 is 4.90 Å². The van der Waals surface area contributed by atoms with Gasteiger partial charge in [-0.3, -0.25) is 4.90 Å². The molecule has 0 radical (unpaired) electrons. The van der Waals surface area contributed by atoms with E-state index >= 15 is 0 Å². The summed E-state index contributed by atoms with van der Waals surface area (Å²) in [6.07, 6.45) is 0.839. The van der Waals surface area contributed by atoms with Gasteiger partial charge in [0.25, 0.3) is 0 Å². The largest absolute Gasteiger partial charge is 0.443 e. The Morgan fingerprint density at radius 2 is 1.91 bits per heavy atom. The van der Waals surface area contributed by atoms with Gasteiger partial charge < -0.3 is 4.74 Å². The first-order valence-corrected chi connectivity index (χ1v) is 7.25. The smallest absolute Gasteiger partial charge is 0.416 e. The average Bonchev–Trinajstić information content (AvgIpc) is 2.44. The summed E-state index contributed by atoms with van der Waals surface area (Å²) in [7, 11) is 0. The number of hydrogen-bond donors (Lipinski definition) is 0. The van der Waals surface area contributed by atoms with Crippen LogP contribution in [0.25, 0.3) is 0 Å². The number of rotatable bonds is 3. The van der Waals surface area contributed by atoms with Gasteiger partial charge in [0, 0.05) is 6.07 Å². The van der Waals surface area contributed by atoms with Crippen molar-refractivity contribution in [1.82, 2.24) is 9.97 Å². The first kappa shape index (κ1) is 16.2. The molecule has 0 aliphatic heterocycles.